The molecule has 2 rings (SSSR count). The molecule has 106 valence electrons. The van der Waals surface area contributed by atoms with Gasteiger partial charge in [0.15, 0.2) is 0 Å². The summed E-state index contributed by atoms with van der Waals surface area (Å²) < 4.78 is 12.6. The minimum absolute atomic E-state index is 0.00563. The van der Waals surface area contributed by atoms with Gasteiger partial charge in [0.25, 0.3) is 0 Å². The average molecular weight is 277 g/mol. The smallest absolute Gasteiger partial charge is 0.356 e. The van der Waals surface area contributed by atoms with E-state index in [1.54, 1.807) is 19.2 Å². The lowest BCUT2D eigenvalue weighted by molar-refractivity contribution is 0.259. The zero-order chi connectivity index (χ0) is 14.7. The first-order valence-corrected chi connectivity index (χ1v) is 5.92. The Morgan fingerprint density at radius 3 is 2.35 bits per heavy atom. The highest BCUT2D eigenvalue weighted by Gasteiger charge is 2.08. The molecule has 1 aromatic carbocycles. The number of methoxy groups -OCH3 is 1. The van der Waals surface area contributed by atoms with Crippen molar-refractivity contribution in [3.63, 3.8) is 0 Å². The molecule has 0 N–H and O–H groups in total. The van der Waals surface area contributed by atoms with Gasteiger partial charge in [-0.2, -0.15) is 0 Å². The van der Waals surface area contributed by atoms with E-state index in [1.165, 1.54) is 18.7 Å². The molecule has 0 spiro atoms. The molecule has 0 aliphatic rings. The SMILES string of the molecule is COc1ccc(COc2nc(=O)n(C)c(=O)n2C)cc1. The van der Waals surface area contributed by atoms with Gasteiger partial charge >= 0.3 is 17.4 Å². The summed E-state index contributed by atoms with van der Waals surface area (Å²) in [6, 6.07) is 7.26. The van der Waals surface area contributed by atoms with Crippen molar-refractivity contribution in [3.8, 4) is 11.8 Å². The minimum Gasteiger partial charge on any atom is -0.497 e. The van der Waals surface area contributed by atoms with Crippen LogP contribution in [0.2, 0.25) is 0 Å². The van der Waals surface area contributed by atoms with Crippen LogP contribution in [0.4, 0.5) is 0 Å². The van der Waals surface area contributed by atoms with Crippen LogP contribution < -0.4 is 20.9 Å². The number of hydrogen-bond acceptors (Lipinski definition) is 5. The van der Waals surface area contributed by atoms with E-state index >= 15 is 0 Å². The van der Waals surface area contributed by atoms with E-state index in [9.17, 15) is 9.59 Å². The highest BCUT2D eigenvalue weighted by atomic mass is 16.5. The first-order valence-electron chi connectivity index (χ1n) is 5.92. The number of rotatable bonds is 4. The van der Waals surface area contributed by atoms with Gasteiger partial charge < -0.3 is 9.47 Å². The van der Waals surface area contributed by atoms with E-state index < -0.39 is 11.4 Å². The molecule has 1 aromatic heterocycles. The topological polar surface area (TPSA) is 75.3 Å². The van der Waals surface area contributed by atoms with Gasteiger partial charge in [-0.1, -0.05) is 12.1 Å². The molecule has 0 bridgehead atoms. The van der Waals surface area contributed by atoms with Gasteiger partial charge in [-0.25, -0.2) is 14.2 Å². The fourth-order valence-corrected chi connectivity index (χ4v) is 1.62. The Bertz CT molecular complexity index is 716. The predicted molar refractivity (Wildman–Crippen MR) is 72.0 cm³/mol. The van der Waals surface area contributed by atoms with Crippen LogP contribution in [0.15, 0.2) is 33.9 Å². The van der Waals surface area contributed by atoms with E-state index in [0.717, 1.165) is 15.9 Å². The summed E-state index contributed by atoms with van der Waals surface area (Å²) in [6.45, 7) is 0.206. The molecule has 0 unspecified atom stereocenters. The molecular weight excluding hydrogens is 262 g/mol. The molecule has 20 heavy (non-hydrogen) atoms. The van der Waals surface area contributed by atoms with Crippen LogP contribution in [-0.2, 0) is 20.7 Å². The molecule has 2 aromatic rings. The molecule has 0 saturated heterocycles. The van der Waals surface area contributed by atoms with Crippen molar-refractivity contribution in [2.75, 3.05) is 7.11 Å². The van der Waals surface area contributed by atoms with E-state index in [2.05, 4.69) is 4.98 Å². The zero-order valence-electron chi connectivity index (χ0n) is 11.5. The summed E-state index contributed by atoms with van der Waals surface area (Å²) in [5.74, 6) is 0.743. The molecule has 1 heterocycles. The van der Waals surface area contributed by atoms with Crippen LogP contribution in [0.1, 0.15) is 5.56 Å². The van der Waals surface area contributed by atoms with E-state index in [1.807, 2.05) is 12.1 Å². The first-order chi connectivity index (χ1) is 9.52. The maximum Gasteiger partial charge on any atom is 0.356 e. The van der Waals surface area contributed by atoms with Crippen molar-refractivity contribution in [1.29, 1.82) is 0 Å². The maximum atomic E-state index is 11.7. The van der Waals surface area contributed by atoms with Crippen molar-refractivity contribution in [2.45, 2.75) is 6.61 Å². The standard InChI is InChI=1S/C13H15N3O4/c1-15-11(17)14-12(16(2)13(15)18)20-8-9-4-6-10(19-3)7-5-9/h4-7H,8H2,1-3H3. The van der Waals surface area contributed by atoms with E-state index in [-0.39, 0.29) is 12.6 Å². The number of ether oxygens (including phenoxy) is 2. The molecule has 7 nitrogen and oxygen atoms in total. The van der Waals surface area contributed by atoms with E-state index in [0.29, 0.717) is 0 Å². The van der Waals surface area contributed by atoms with Crippen molar-refractivity contribution < 1.29 is 9.47 Å². The van der Waals surface area contributed by atoms with Gasteiger partial charge in [-0.15, -0.1) is 4.98 Å². The Labute approximate surface area is 115 Å². The zero-order valence-corrected chi connectivity index (χ0v) is 11.5. The van der Waals surface area contributed by atoms with Gasteiger partial charge in [0, 0.05) is 14.1 Å². The molecule has 0 saturated carbocycles. The molecule has 0 amide bonds. The quantitative estimate of drug-likeness (QED) is 0.790. The van der Waals surface area contributed by atoms with Crippen LogP contribution in [0.5, 0.6) is 11.8 Å². The predicted octanol–water partition coefficient (Wildman–Crippen LogP) is 0.0666. The number of nitrogens with zero attached hydrogens (tertiary/aromatic N) is 3. The Kier molecular flexibility index (Phi) is 3.88. The third-order valence-electron chi connectivity index (χ3n) is 2.87. The maximum absolute atomic E-state index is 11.7. The number of hydrogen-bond donors (Lipinski definition) is 0. The van der Waals surface area contributed by atoms with Gasteiger partial charge in [0.05, 0.1) is 7.11 Å². The number of benzene rings is 1. The second-order valence-corrected chi connectivity index (χ2v) is 4.21. The summed E-state index contributed by atoms with van der Waals surface area (Å²) in [7, 11) is 4.45. The van der Waals surface area contributed by atoms with Crippen molar-refractivity contribution in [2.24, 2.45) is 14.1 Å². The number of aromatic nitrogens is 3. The highest BCUT2D eigenvalue weighted by Crippen LogP contribution is 2.12. The summed E-state index contributed by atoms with van der Waals surface area (Å²) in [4.78, 5) is 26.8. The molecular formula is C13H15N3O4. The van der Waals surface area contributed by atoms with Crippen LogP contribution in [0.3, 0.4) is 0 Å². The molecule has 0 fully saturated rings. The van der Waals surface area contributed by atoms with Crippen molar-refractivity contribution in [1.82, 2.24) is 14.1 Å². The van der Waals surface area contributed by atoms with Crippen LogP contribution in [-0.4, -0.2) is 21.2 Å². The lowest BCUT2D eigenvalue weighted by Crippen LogP contribution is -2.39. The molecule has 0 aliphatic heterocycles. The van der Waals surface area contributed by atoms with E-state index in [4.69, 9.17) is 9.47 Å². The Balaban J connectivity index is 2.18. The van der Waals surface area contributed by atoms with Crippen molar-refractivity contribution in [3.05, 3.63) is 50.8 Å². The van der Waals surface area contributed by atoms with Crippen molar-refractivity contribution >= 4 is 0 Å². The van der Waals surface area contributed by atoms with Crippen LogP contribution >= 0.6 is 0 Å². The summed E-state index contributed by atoms with van der Waals surface area (Å²) in [5.41, 5.74) is -0.242. The lowest BCUT2D eigenvalue weighted by Gasteiger charge is -2.09. The summed E-state index contributed by atoms with van der Waals surface area (Å²) in [6.07, 6.45) is 0. The third kappa shape index (κ3) is 2.71. The lowest BCUT2D eigenvalue weighted by atomic mass is 10.2. The Morgan fingerprint density at radius 2 is 1.75 bits per heavy atom. The molecule has 0 radical (unpaired) electrons. The largest absolute Gasteiger partial charge is 0.497 e. The summed E-state index contributed by atoms with van der Waals surface area (Å²) in [5, 5.41) is 0. The molecule has 0 aliphatic carbocycles. The highest BCUT2D eigenvalue weighted by molar-refractivity contribution is 5.26. The normalized spacial score (nSPS) is 10.3. The van der Waals surface area contributed by atoms with Crippen LogP contribution in [0, 0.1) is 0 Å². The fraction of sp³-hybridized carbons (Fsp3) is 0.308. The molecule has 0 atom stereocenters. The third-order valence-corrected chi connectivity index (χ3v) is 2.87. The summed E-state index contributed by atoms with van der Waals surface area (Å²) >= 11 is 0. The van der Waals surface area contributed by atoms with Crippen LogP contribution in [0.25, 0.3) is 0 Å². The fourth-order valence-electron chi connectivity index (χ4n) is 1.62. The Morgan fingerprint density at radius 1 is 1.10 bits per heavy atom. The monoisotopic (exact) mass is 277 g/mol. The van der Waals surface area contributed by atoms with Gasteiger partial charge in [0.1, 0.15) is 12.4 Å². The van der Waals surface area contributed by atoms with Gasteiger partial charge in [-0.3, -0.25) is 4.57 Å². The van der Waals surface area contributed by atoms with Gasteiger partial charge in [-0.05, 0) is 17.7 Å². The molecule has 7 heteroatoms. The average Bonchev–Trinajstić information content (AvgIpc) is 2.48. The minimum atomic E-state index is -0.641. The second kappa shape index (κ2) is 5.60. The second-order valence-electron chi connectivity index (χ2n) is 4.21. The first kappa shape index (κ1) is 13.9. The van der Waals surface area contributed by atoms with Gasteiger partial charge in [0.2, 0.25) is 0 Å². The Hall–Kier alpha value is -2.57.